The Balaban J connectivity index is 2.17. The Bertz CT molecular complexity index is 945. The fraction of sp³-hybridized carbons (Fsp3) is 0.294. The van der Waals surface area contributed by atoms with Crippen LogP contribution in [0.25, 0.3) is 0 Å². The van der Waals surface area contributed by atoms with Crippen LogP contribution in [-0.2, 0) is 16.6 Å². The average Bonchev–Trinajstić information content (AvgIpc) is 2.55. The van der Waals surface area contributed by atoms with Crippen molar-refractivity contribution in [3.8, 4) is 5.75 Å². The minimum atomic E-state index is -3.50. The van der Waals surface area contributed by atoms with Gasteiger partial charge in [0.25, 0.3) is 5.91 Å². The zero-order valence-corrected chi connectivity index (χ0v) is 16.5. The maximum Gasteiger partial charge on any atom is 0.251 e. The second-order valence-electron chi connectivity index (χ2n) is 5.80. The number of hydrogen-bond donors (Lipinski definition) is 2. The highest BCUT2D eigenvalue weighted by Crippen LogP contribution is 2.25. The number of halogens is 1. The summed E-state index contributed by atoms with van der Waals surface area (Å²) in [5.74, 6) is 0.356. The van der Waals surface area contributed by atoms with E-state index < -0.39 is 10.0 Å². The number of nitrogens with one attached hydrogen (secondary N) is 2. The zero-order chi connectivity index (χ0) is 19.5. The van der Waals surface area contributed by atoms with Crippen LogP contribution in [0.15, 0.2) is 24.4 Å². The van der Waals surface area contributed by atoms with Crippen molar-refractivity contribution < 1.29 is 17.9 Å². The number of carbonyl (C=O) groups is 1. The predicted octanol–water partition coefficient (Wildman–Crippen LogP) is 2.66. The van der Waals surface area contributed by atoms with Gasteiger partial charge < -0.3 is 10.1 Å². The van der Waals surface area contributed by atoms with Crippen LogP contribution < -0.4 is 14.8 Å². The summed E-state index contributed by atoms with van der Waals surface area (Å²) in [5, 5.41) is 2.96. The molecular formula is C17H20ClN3O4S. The number of aryl methyl sites for hydroxylation is 1. The first kappa shape index (κ1) is 20.0. The molecule has 0 saturated heterocycles. The Labute approximate surface area is 157 Å². The molecule has 0 bridgehead atoms. The molecule has 1 amide bonds. The van der Waals surface area contributed by atoms with Gasteiger partial charge in [-0.25, -0.2) is 8.42 Å². The first-order valence-corrected chi connectivity index (χ1v) is 9.94. The smallest absolute Gasteiger partial charge is 0.251 e. The highest BCUT2D eigenvalue weighted by Gasteiger charge is 2.14. The van der Waals surface area contributed by atoms with Crippen LogP contribution in [0, 0.1) is 13.8 Å². The Morgan fingerprint density at radius 3 is 2.62 bits per heavy atom. The topological polar surface area (TPSA) is 97.4 Å². The summed E-state index contributed by atoms with van der Waals surface area (Å²) in [5.41, 5.74) is 2.87. The number of carbonyl (C=O) groups excluding carboxylic acids is 1. The van der Waals surface area contributed by atoms with E-state index in [2.05, 4.69) is 15.0 Å². The molecule has 140 valence electrons. The molecule has 1 aromatic carbocycles. The van der Waals surface area contributed by atoms with E-state index in [-0.39, 0.29) is 28.7 Å². The lowest BCUT2D eigenvalue weighted by molar-refractivity contribution is 0.0950. The van der Waals surface area contributed by atoms with Crippen LogP contribution >= 0.6 is 11.6 Å². The average molecular weight is 398 g/mol. The van der Waals surface area contributed by atoms with Gasteiger partial charge >= 0.3 is 0 Å². The summed E-state index contributed by atoms with van der Waals surface area (Å²) in [4.78, 5) is 16.7. The quantitative estimate of drug-likeness (QED) is 0.780. The summed E-state index contributed by atoms with van der Waals surface area (Å²) < 4.78 is 30.4. The molecular weight excluding hydrogens is 378 g/mol. The molecule has 2 N–H and O–H groups in total. The molecule has 2 aromatic rings. The van der Waals surface area contributed by atoms with E-state index in [1.165, 1.54) is 18.2 Å². The normalized spacial score (nSPS) is 11.1. The van der Waals surface area contributed by atoms with Crippen LogP contribution in [0.5, 0.6) is 5.75 Å². The van der Waals surface area contributed by atoms with Gasteiger partial charge in [0.2, 0.25) is 10.0 Å². The van der Waals surface area contributed by atoms with Crippen molar-refractivity contribution >= 4 is 33.2 Å². The molecule has 0 radical (unpaired) electrons. The van der Waals surface area contributed by atoms with E-state index in [1.54, 1.807) is 13.3 Å². The third-order valence-electron chi connectivity index (χ3n) is 3.69. The van der Waals surface area contributed by atoms with Crippen molar-refractivity contribution in [2.75, 3.05) is 18.1 Å². The van der Waals surface area contributed by atoms with Crippen molar-refractivity contribution in [2.45, 2.75) is 20.4 Å². The molecule has 0 fully saturated rings. The Hall–Kier alpha value is -2.32. The molecule has 0 aliphatic heterocycles. The van der Waals surface area contributed by atoms with Crippen LogP contribution in [0.4, 0.5) is 5.69 Å². The number of hydrogen-bond acceptors (Lipinski definition) is 5. The van der Waals surface area contributed by atoms with Gasteiger partial charge in [-0.15, -0.1) is 0 Å². The van der Waals surface area contributed by atoms with Crippen LogP contribution in [-0.4, -0.2) is 32.7 Å². The predicted molar refractivity (Wildman–Crippen MR) is 101 cm³/mol. The van der Waals surface area contributed by atoms with E-state index in [0.717, 1.165) is 23.1 Å². The molecule has 0 aliphatic carbocycles. The van der Waals surface area contributed by atoms with Gasteiger partial charge in [-0.2, -0.15) is 0 Å². The SMILES string of the molecule is COc1c(C)cnc(CNC(=O)c2ccc(Cl)c(NS(C)(=O)=O)c2)c1C. The molecule has 26 heavy (non-hydrogen) atoms. The van der Waals surface area contributed by atoms with Crippen molar-refractivity contribution in [1.82, 2.24) is 10.3 Å². The lowest BCUT2D eigenvalue weighted by Crippen LogP contribution is -2.24. The zero-order valence-electron chi connectivity index (χ0n) is 14.9. The Morgan fingerprint density at radius 2 is 2.00 bits per heavy atom. The minimum absolute atomic E-state index is 0.146. The van der Waals surface area contributed by atoms with Gasteiger partial charge in [-0.1, -0.05) is 11.6 Å². The Morgan fingerprint density at radius 1 is 1.31 bits per heavy atom. The number of pyridine rings is 1. The molecule has 1 aromatic heterocycles. The maximum absolute atomic E-state index is 12.4. The van der Waals surface area contributed by atoms with Crippen molar-refractivity contribution in [3.63, 3.8) is 0 Å². The van der Waals surface area contributed by atoms with Gasteiger partial charge in [0.15, 0.2) is 0 Å². The number of amides is 1. The number of methoxy groups -OCH3 is 1. The standard InChI is InChI=1S/C17H20ClN3O4S/c1-10-8-19-15(11(2)16(10)25-3)9-20-17(22)12-5-6-13(18)14(7-12)21-26(4,23)24/h5-8,21H,9H2,1-4H3,(H,20,22). The summed E-state index contributed by atoms with van der Waals surface area (Å²) >= 11 is 5.97. The van der Waals surface area contributed by atoms with Crippen molar-refractivity contribution in [1.29, 1.82) is 0 Å². The van der Waals surface area contributed by atoms with Gasteiger partial charge in [0.1, 0.15) is 5.75 Å². The number of nitrogens with zero attached hydrogens (tertiary/aromatic N) is 1. The lowest BCUT2D eigenvalue weighted by atomic mass is 10.1. The van der Waals surface area contributed by atoms with E-state index >= 15 is 0 Å². The van der Waals surface area contributed by atoms with Gasteiger partial charge in [-0.05, 0) is 32.0 Å². The van der Waals surface area contributed by atoms with Crippen molar-refractivity contribution in [3.05, 3.63) is 51.8 Å². The number of aromatic nitrogens is 1. The summed E-state index contributed by atoms with van der Waals surface area (Å²) in [7, 11) is -1.92. The van der Waals surface area contributed by atoms with Crippen LogP contribution in [0.1, 0.15) is 27.2 Å². The van der Waals surface area contributed by atoms with Crippen LogP contribution in [0.3, 0.4) is 0 Å². The number of benzene rings is 1. The molecule has 0 aliphatic rings. The highest BCUT2D eigenvalue weighted by atomic mass is 35.5. The molecule has 1 heterocycles. The molecule has 0 unspecified atom stereocenters. The molecule has 0 saturated carbocycles. The first-order chi connectivity index (χ1) is 12.1. The molecule has 2 rings (SSSR count). The largest absolute Gasteiger partial charge is 0.496 e. The van der Waals surface area contributed by atoms with E-state index in [0.29, 0.717) is 5.69 Å². The lowest BCUT2D eigenvalue weighted by Gasteiger charge is -2.13. The van der Waals surface area contributed by atoms with Crippen molar-refractivity contribution in [2.24, 2.45) is 0 Å². The fourth-order valence-corrected chi connectivity index (χ4v) is 3.25. The second-order valence-corrected chi connectivity index (χ2v) is 7.95. The molecule has 0 spiro atoms. The monoisotopic (exact) mass is 397 g/mol. The molecule has 9 heteroatoms. The number of rotatable bonds is 6. The summed E-state index contributed by atoms with van der Waals surface area (Å²) in [6.45, 7) is 3.97. The van der Waals surface area contributed by atoms with Gasteiger partial charge in [-0.3, -0.25) is 14.5 Å². The third kappa shape index (κ3) is 4.86. The highest BCUT2D eigenvalue weighted by molar-refractivity contribution is 7.92. The number of ether oxygens (including phenoxy) is 1. The van der Waals surface area contributed by atoms with E-state index in [1.807, 2.05) is 13.8 Å². The first-order valence-electron chi connectivity index (χ1n) is 7.67. The van der Waals surface area contributed by atoms with E-state index in [4.69, 9.17) is 16.3 Å². The number of anilines is 1. The van der Waals surface area contributed by atoms with Gasteiger partial charge in [0.05, 0.1) is 36.3 Å². The minimum Gasteiger partial charge on any atom is -0.496 e. The third-order valence-corrected chi connectivity index (χ3v) is 4.61. The fourth-order valence-electron chi connectivity index (χ4n) is 2.46. The molecule has 7 nitrogen and oxygen atoms in total. The summed E-state index contributed by atoms with van der Waals surface area (Å²) in [6.07, 6.45) is 2.69. The Kier molecular flexibility index (Phi) is 6.09. The van der Waals surface area contributed by atoms with E-state index in [9.17, 15) is 13.2 Å². The van der Waals surface area contributed by atoms with Gasteiger partial charge in [0, 0.05) is 22.9 Å². The maximum atomic E-state index is 12.4. The van der Waals surface area contributed by atoms with Crippen LogP contribution in [0.2, 0.25) is 5.02 Å². The molecule has 0 atom stereocenters. The number of sulfonamides is 1. The summed E-state index contributed by atoms with van der Waals surface area (Å²) in [6, 6.07) is 4.36. The second kappa shape index (κ2) is 7.92.